The van der Waals surface area contributed by atoms with Gasteiger partial charge < -0.3 is 10.2 Å². The Morgan fingerprint density at radius 3 is 2.49 bits per heavy atom. The summed E-state index contributed by atoms with van der Waals surface area (Å²) in [5, 5.41) is 6.78. The summed E-state index contributed by atoms with van der Waals surface area (Å²) >= 11 is 0. The summed E-state index contributed by atoms with van der Waals surface area (Å²) in [5.41, 5.74) is 14.8. The van der Waals surface area contributed by atoms with Gasteiger partial charge >= 0.3 is 0 Å². The molecule has 1 N–H and O–H groups in total. The van der Waals surface area contributed by atoms with Crippen molar-refractivity contribution in [1.29, 1.82) is 0 Å². The molecule has 0 bridgehead atoms. The van der Waals surface area contributed by atoms with Gasteiger partial charge in [0, 0.05) is 46.0 Å². The second-order valence-electron chi connectivity index (χ2n) is 18.9. The zero-order valence-corrected chi connectivity index (χ0v) is 34.5. The molecule has 1 aromatic heterocycles. The van der Waals surface area contributed by atoms with E-state index in [0.29, 0.717) is 35.8 Å². The van der Waals surface area contributed by atoms with Crippen molar-refractivity contribution < 1.29 is 0 Å². The predicted octanol–water partition coefficient (Wildman–Crippen LogP) is 10.9. The summed E-state index contributed by atoms with van der Waals surface area (Å²) in [6, 6.07) is 22.8. The molecular weight excluding hydrogens is 715 g/mol. The second-order valence-corrected chi connectivity index (χ2v) is 18.9. The highest BCUT2D eigenvalue weighted by molar-refractivity contribution is 5.83. The van der Waals surface area contributed by atoms with Crippen LogP contribution in [0.1, 0.15) is 87.2 Å². The zero-order valence-electron chi connectivity index (χ0n) is 34.5. The summed E-state index contributed by atoms with van der Waals surface area (Å²) in [6.45, 7) is 4.95. The molecule has 1 saturated heterocycles. The lowest BCUT2D eigenvalue weighted by molar-refractivity contribution is 0.236. The normalized spacial score (nSPS) is 30.5. The lowest BCUT2D eigenvalue weighted by Crippen LogP contribution is -2.39. The molecule has 3 aromatic rings. The number of likely N-dealkylation sites (tertiary alicyclic amines) is 1. The van der Waals surface area contributed by atoms with E-state index in [9.17, 15) is 0 Å². The van der Waals surface area contributed by atoms with Crippen molar-refractivity contribution in [1.82, 2.24) is 14.8 Å². The molecule has 12 rings (SSSR count). The Morgan fingerprint density at radius 2 is 1.61 bits per heavy atom. The van der Waals surface area contributed by atoms with Gasteiger partial charge in [-0.05, 0) is 109 Å². The van der Waals surface area contributed by atoms with Gasteiger partial charge in [-0.25, -0.2) is 0 Å². The first-order valence-corrected chi connectivity index (χ1v) is 22.6. The maximum Gasteiger partial charge on any atom is 0.112 e. The number of fused-ring (bicyclic) bond motifs is 8. The standard InChI is InChI=1S/C56H55N3/c1-56(2)48-22-12-9-19-42(48)45-35-41(27-28-49(45)56)58-51-23-13-10-20-43(51)46-31-38(25-29-53(46)58)39-26-30-54-47(32-39)44-21-11-14-24-52(44)59(54)55-34-40(36-15-5-3-6-16-36)33-50(57-55)37-17-7-4-8-18-37/h3-10,14-20,24-25,27-34,39,43,45-46,50-51,53,57H,11-13,21-23,26,35H2,1-2H3. The van der Waals surface area contributed by atoms with E-state index in [1.807, 2.05) is 0 Å². The Morgan fingerprint density at radius 1 is 0.780 bits per heavy atom. The molecule has 3 heterocycles. The van der Waals surface area contributed by atoms with Crippen LogP contribution in [0, 0.1) is 29.1 Å². The molecule has 7 unspecified atom stereocenters. The van der Waals surface area contributed by atoms with Crippen LogP contribution in [0.4, 0.5) is 0 Å². The molecule has 0 spiro atoms. The Balaban J connectivity index is 0.891. The fourth-order valence-corrected chi connectivity index (χ4v) is 12.7. The van der Waals surface area contributed by atoms with Crippen molar-refractivity contribution >= 4 is 29.6 Å². The van der Waals surface area contributed by atoms with Crippen molar-refractivity contribution in [3.8, 4) is 0 Å². The van der Waals surface area contributed by atoms with Crippen LogP contribution >= 0.6 is 0 Å². The summed E-state index contributed by atoms with van der Waals surface area (Å²) < 4.78 is 2.54. The van der Waals surface area contributed by atoms with Crippen molar-refractivity contribution in [3.63, 3.8) is 0 Å². The number of dihydropyridines is 1. The average Bonchev–Trinajstić information content (AvgIpc) is 3.89. The van der Waals surface area contributed by atoms with Gasteiger partial charge in [-0.3, -0.25) is 4.57 Å². The minimum atomic E-state index is 0.0771. The molecule has 0 amide bonds. The lowest BCUT2D eigenvalue weighted by atomic mass is 9.76. The predicted molar refractivity (Wildman–Crippen MR) is 245 cm³/mol. The summed E-state index contributed by atoms with van der Waals surface area (Å²) in [7, 11) is 0. The number of hydrogen-bond acceptors (Lipinski definition) is 2. The van der Waals surface area contributed by atoms with Crippen molar-refractivity contribution in [2.45, 2.75) is 83.3 Å². The van der Waals surface area contributed by atoms with E-state index in [2.05, 4.69) is 180 Å². The second kappa shape index (κ2) is 13.8. The highest BCUT2D eigenvalue weighted by Gasteiger charge is 2.50. The smallest absolute Gasteiger partial charge is 0.112 e. The maximum atomic E-state index is 3.99. The molecular formula is C56H55N3. The van der Waals surface area contributed by atoms with Gasteiger partial charge in [0.05, 0.1) is 23.1 Å². The lowest BCUT2D eigenvalue weighted by Gasteiger charge is -2.39. The highest BCUT2D eigenvalue weighted by atomic mass is 15.2. The molecule has 3 nitrogen and oxygen atoms in total. The number of aromatic nitrogens is 1. The largest absolute Gasteiger partial charge is 0.364 e. The van der Waals surface area contributed by atoms with Crippen molar-refractivity contribution in [3.05, 3.63) is 195 Å². The topological polar surface area (TPSA) is 20.2 Å². The number of rotatable bonds is 5. The van der Waals surface area contributed by atoms with Gasteiger partial charge in [0.15, 0.2) is 0 Å². The van der Waals surface area contributed by atoms with E-state index >= 15 is 0 Å². The monoisotopic (exact) mass is 769 g/mol. The Bertz CT molecular complexity index is 2700. The zero-order chi connectivity index (χ0) is 39.2. The first-order chi connectivity index (χ1) is 29.0. The third-order valence-corrected chi connectivity index (χ3v) is 15.5. The molecule has 1 fully saturated rings. The minimum Gasteiger partial charge on any atom is -0.364 e. The van der Waals surface area contributed by atoms with E-state index in [0.717, 1.165) is 31.5 Å². The van der Waals surface area contributed by atoms with E-state index in [1.165, 1.54) is 69.8 Å². The van der Waals surface area contributed by atoms with Crippen LogP contribution in [-0.2, 0) is 6.42 Å². The molecule has 7 aliphatic carbocycles. The molecule has 3 heteroatoms. The third-order valence-electron chi connectivity index (χ3n) is 15.5. The van der Waals surface area contributed by atoms with E-state index < -0.39 is 0 Å². The molecule has 2 aliphatic heterocycles. The number of allylic oxidation sites excluding steroid dienone is 14. The molecule has 59 heavy (non-hydrogen) atoms. The van der Waals surface area contributed by atoms with Gasteiger partial charge in [0.1, 0.15) is 5.82 Å². The first-order valence-electron chi connectivity index (χ1n) is 22.6. The Labute approximate surface area is 350 Å². The SMILES string of the molecule is CC1(C)C2=CC=C(N3C4C=CC(C5C=c6c7c(n(C8=CC(c9ccccc9)=CC(c9ccccc9)N8)c6=CC5)C=CCC7)=CC4C4C=CCCC43)CC2C2=C1CCC=C2. The van der Waals surface area contributed by atoms with Crippen molar-refractivity contribution in [2.75, 3.05) is 0 Å². The van der Waals surface area contributed by atoms with Crippen LogP contribution in [0.5, 0.6) is 0 Å². The van der Waals surface area contributed by atoms with Gasteiger partial charge in [0.2, 0.25) is 0 Å². The van der Waals surface area contributed by atoms with Crippen LogP contribution in [0.25, 0.3) is 29.6 Å². The number of nitrogens with one attached hydrogen (secondary N) is 1. The van der Waals surface area contributed by atoms with Crippen molar-refractivity contribution in [2.24, 2.45) is 29.1 Å². The molecule has 7 atom stereocenters. The van der Waals surface area contributed by atoms with Gasteiger partial charge in [-0.1, -0.05) is 152 Å². The van der Waals surface area contributed by atoms with E-state index in [-0.39, 0.29) is 11.5 Å². The molecule has 2 aromatic carbocycles. The third kappa shape index (κ3) is 5.60. The summed E-state index contributed by atoms with van der Waals surface area (Å²) in [5.74, 6) is 3.12. The van der Waals surface area contributed by atoms with Crippen LogP contribution in [0.3, 0.4) is 0 Å². The number of nitrogens with zero attached hydrogens (tertiary/aromatic N) is 2. The van der Waals surface area contributed by atoms with E-state index in [1.54, 1.807) is 22.4 Å². The van der Waals surface area contributed by atoms with Crippen LogP contribution in [0.15, 0.2) is 162 Å². The summed E-state index contributed by atoms with van der Waals surface area (Å²) in [6.07, 6.45) is 46.8. The van der Waals surface area contributed by atoms with Gasteiger partial charge in [-0.2, -0.15) is 0 Å². The fraction of sp³-hybridized carbons (Fsp3) is 0.321. The number of benzene rings is 2. The van der Waals surface area contributed by atoms with Crippen LogP contribution in [0.2, 0.25) is 0 Å². The fourth-order valence-electron chi connectivity index (χ4n) is 12.7. The Hall–Kier alpha value is -5.54. The van der Waals surface area contributed by atoms with Gasteiger partial charge in [-0.15, -0.1) is 0 Å². The van der Waals surface area contributed by atoms with Crippen LogP contribution in [-0.4, -0.2) is 21.6 Å². The van der Waals surface area contributed by atoms with E-state index in [4.69, 9.17) is 0 Å². The molecule has 294 valence electrons. The number of hydrogen-bond donors (Lipinski definition) is 1. The average molecular weight is 770 g/mol. The Kier molecular flexibility index (Phi) is 8.26. The summed E-state index contributed by atoms with van der Waals surface area (Å²) in [4.78, 5) is 2.90. The van der Waals surface area contributed by atoms with Crippen LogP contribution < -0.4 is 15.9 Å². The highest BCUT2D eigenvalue weighted by Crippen LogP contribution is 2.58. The van der Waals surface area contributed by atoms with Gasteiger partial charge in [0.25, 0.3) is 0 Å². The first kappa shape index (κ1) is 35.4. The minimum absolute atomic E-state index is 0.0771. The molecule has 9 aliphatic rings. The molecule has 0 saturated carbocycles. The quantitative estimate of drug-likeness (QED) is 0.261. The maximum absolute atomic E-state index is 3.99. The molecule has 0 radical (unpaired) electrons.